The molecule has 2 unspecified atom stereocenters. The lowest BCUT2D eigenvalue weighted by Gasteiger charge is -2.33. The summed E-state index contributed by atoms with van der Waals surface area (Å²) in [6, 6.07) is 0.580. The first-order valence-corrected chi connectivity index (χ1v) is 5.23. The van der Waals surface area contributed by atoms with Gasteiger partial charge in [-0.1, -0.05) is 24.9 Å². The molecule has 5 heteroatoms. The lowest BCUT2D eigenvalue weighted by molar-refractivity contribution is 0.334. The van der Waals surface area contributed by atoms with Crippen molar-refractivity contribution in [1.82, 2.24) is 20.6 Å². The second kappa shape index (κ2) is 3.94. The molecule has 0 aromatic carbocycles. The molecular formula is C9H17N5. The summed E-state index contributed by atoms with van der Waals surface area (Å²) in [5.41, 5.74) is 0. The van der Waals surface area contributed by atoms with E-state index in [1.54, 1.807) is 0 Å². The number of hydrogen-bond acceptors (Lipinski definition) is 4. The molecular weight excluding hydrogens is 178 g/mol. The fourth-order valence-corrected chi connectivity index (χ4v) is 2.22. The average molecular weight is 195 g/mol. The van der Waals surface area contributed by atoms with E-state index in [0.717, 1.165) is 5.92 Å². The highest BCUT2D eigenvalue weighted by Gasteiger charge is 2.24. The van der Waals surface area contributed by atoms with Crippen LogP contribution in [0.25, 0.3) is 0 Å². The van der Waals surface area contributed by atoms with Gasteiger partial charge in [0.2, 0.25) is 0 Å². The fourth-order valence-electron chi connectivity index (χ4n) is 2.22. The molecule has 0 saturated heterocycles. The second-order valence-electron chi connectivity index (χ2n) is 4.25. The predicted octanol–water partition coefficient (Wildman–Crippen LogP) is 1.21. The summed E-state index contributed by atoms with van der Waals surface area (Å²) in [4.78, 5) is 2.14. The Morgan fingerprint density at radius 1 is 1.43 bits per heavy atom. The van der Waals surface area contributed by atoms with Crippen LogP contribution in [0.3, 0.4) is 0 Å². The molecule has 2 rings (SSSR count). The number of rotatable bonds is 2. The molecule has 0 amide bonds. The Balaban J connectivity index is 2.00. The minimum absolute atomic E-state index is 0.580. The van der Waals surface area contributed by atoms with Crippen molar-refractivity contribution in [3.63, 3.8) is 0 Å². The molecule has 1 aliphatic rings. The standard InChI is InChI=1S/C9H17N5/c1-7-4-3-5-8(6-7)14(2)9-10-12-13-11-9/h7-8H,3-6H2,1-2H3,(H,10,11,12,13). The van der Waals surface area contributed by atoms with E-state index in [2.05, 4.69) is 32.4 Å². The monoisotopic (exact) mass is 195 g/mol. The summed E-state index contributed by atoms with van der Waals surface area (Å²) in [5.74, 6) is 1.53. The Labute approximate surface area is 83.9 Å². The van der Waals surface area contributed by atoms with E-state index in [0.29, 0.717) is 12.0 Å². The van der Waals surface area contributed by atoms with Crippen LogP contribution in [0.2, 0.25) is 0 Å². The van der Waals surface area contributed by atoms with E-state index in [1.165, 1.54) is 25.7 Å². The van der Waals surface area contributed by atoms with Gasteiger partial charge in [-0.05, 0) is 24.0 Å². The van der Waals surface area contributed by atoms with Crippen molar-refractivity contribution in [2.24, 2.45) is 5.92 Å². The molecule has 0 radical (unpaired) electrons. The summed E-state index contributed by atoms with van der Waals surface area (Å²) >= 11 is 0. The highest BCUT2D eigenvalue weighted by molar-refractivity contribution is 5.26. The molecule has 1 aromatic heterocycles. The molecule has 0 aliphatic heterocycles. The van der Waals surface area contributed by atoms with Crippen LogP contribution in [0.1, 0.15) is 32.6 Å². The van der Waals surface area contributed by atoms with E-state index in [-0.39, 0.29) is 0 Å². The lowest BCUT2D eigenvalue weighted by atomic mass is 9.86. The first-order chi connectivity index (χ1) is 6.77. The van der Waals surface area contributed by atoms with Crippen LogP contribution in [0.5, 0.6) is 0 Å². The molecule has 1 saturated carbocycles. The molecule has 1 aromatic rings. The smallest absolute Gasteiger partial charge is 0.265 e. The van der Waals surface area contributed by atoms with Gasteiger partial charge in [-0.15, -0.1) is 5.10 Å². The van der Waals surface area contributed by atoms with Gasteiger partial charge in [0.1, 0.15) is 0 Å². The third-order valence-electron chi connectivity index (χ3n) is 3.11. The van der Waals surface area contributed by atoms with Crippen molar-refractivity contribution in [2.75, 3.05) is 11.9 Å². The summed E-state index contributed by atoms with van der Waals surface area (Å²) in [5, 5.41) is 14.1. The Morgan fingerprint density at radius 3 is 2.93 bits per heavy atom. The highest BCUT2D eigenvalue weighted by Crippen LogP contribution is 2.27. The molecule has 2 atom stereocenters. The fraction of sp³-hybridized carbons (Fsp3) is 0.889. The quantitative estimate of drug-likeness (QED) is 0.770. The largest absolute Gasteiger partial charge is 0.338 e. The Hall–Kier alpha value is -1.13. The number of hydrogen-bond donors (Lipinski definition) is 1. The molecule has 1 fully saturated rings. The summed E-state index contributed by atoms with van der Waals surface area (Å²) in [7, 11) is 2.05. The van der Waals surface area contributed by atoms with Gasteiger partial charge in [-0.3, -0.25) is 0 Å². The van der Waals surface area contributed by atoms with Crippen molar-refractivity contribution in [2.45, 2.75) is 38.6 Å². The van der Waals surface area contributed by atoms with Crippen molar-refractivity contribution in [1.29, 1.82) is 0 Å². The molecule has 1 heterocycles. The maximum absolute atomic E-state index is 4.00. The van der Waals surface area contributed by atoms with Gasteiger partial charge >= 0.3 is 0 Å². The molecule has 78 valence electrons. The van der Waals surface area contributed by atoms with Gasteiger partial charge in [0.05, 0.1) is 0 Å². The molecule has 5 nitrogen and oxygen atoms in total. The van der Waals surface area contributed by atoms with Gasteiger partial charge in [0, 0.05) is 13.1 Å². The summed E-state index contributed by atoms with van der Waals surface area (Å²) < 4.78 is 0. The zero-order chi connectivity index (χ0) is 9.97. The molecule has 1 N–H and O–H groups in total. The van der Waals surface area contributed by atoms with Crippen LogP contribution in [-0.4, -0.2) is 33.7 Å². The molecule has 0 spiro atoms. The van der Waals surface area contributed by atoms with E-state index in [4.69, 9.17) is 0 Å². The van der Waals surface area contributed by atoms with Gasteiger partial charge in [0.15, 0.2) is 0 Å². The maximum atomic E-state index is 4.00. The SMILES string of the molecule is CC1CCCC(N(C)c2nn[nH]n2)C1. The second-order valence-corrected chi connectivity index (χ2v) is 4.25. The Kier molecular flexibility index (Phi) is 2.65. The predicted molar refractivity (Wildman–Crippen MR) is 54.0 cm³/mol. The summed E-state index contributed by atoms with van der Waals surface area (Å²) in [6.45, 7) is 2.32. The van der Waals surface area contributed by atoms with Crippen LogP contribution in [0, 0.1) is 5.92 Å². The van der Waals surface area contributed by atoms with E-state index >= 15 is 0 Å². The number of nitrogens with zero attached hydrogens (tertiary/aromatic N) is 4. The van der Waals surface area contributed by atoms with Crippen molar-refractivity contribution in [3.8, 4) is 0 Å². The summed E-state index contributed by atoms with van der Waals surface area (Å²) in [6.07, 6.45) is 5.16. The Morgan fingerprint density at radius 2 is 2.29 bits per heavy atom. The van der Waals surface area contributed by atoms with Gasteiger partial charge in [0.25, 0.3) is 5.95 Å². The van der Waals surface area contributed by atoms with Crippen LogP contribution in [-0.2, 0) is 0 Å². The van der Waals surface area contributed by atoms with Crippen molar-refractivity contribution < 1.29 is 0 Å². The van der Waals surface area contributed by atoms with Crippen LogP contribution in [0.15, 0.2) is 0 Å². The maximum Gasteiger partial charge on any atom is 0.265 e. The first-order valence-electron chi connectivity index (χ1n) is 5.23. The topological polar surface area (TPSA) is 57.7 Å². The minimum atomic E-state index is 0.580. The zero-order valence-corrected chi connectivity index (χ0v) is 8.77. The van der Waals surface area contributed by atoms with Crippen LogP contribution in [0.4, 0.5) is 5.95 Å². The molecule has 14 heavy (non-hydrogen) atoms. The number of nitrogens with one attached hydrogen (secondary N) is 1. The van der Waals surface area contributed by atoms with Gasteiger partial charge in [-0.25, -0.2) is 0 Å². The minimum Gasteiger partial charge on any atom is -0.338 e. The normalized spacial score (nSPS) is 27.6. The van der Waals surface area contributed by atoms with Crippen LogP contribution >= 0.6 is 0 Å². The number of aromatic nitrogens is 4. The third kappa shape index (κ3) is 1.86. The number of aromatic amines is 1. The van der Waals surface area contributed by atoms with Crippen molar-refractivity contribution >= 4 is 5.95 Å². The highest BCUT2D eigenvalue weighted by atomic mass is 15.5. The zero-order valence-electron chi connectivity index (χ0n) is 8.77. The van der Waals surface area contributed by atoms with E-state index < -0.39 is 0 Å². The lowest BCUT2D eigenvalue weighted by Crippen LogP contribution is -2.36. The van der Waals surface area contributed by atoms with Crippen LogP contribution < -0.4 is 4.90 Å². The van der Waals surface area contributed by atoms with Gasteiger partial charge in [-0.2, -0.15) is 5.21 Å². The average Bonchev–Trinajstić information content (AvgIpc) is 2.69. The third-order valence-corrected chi connectivity index (χ3v) is 3.11. The number of anilines is 1. The molecule has 0 bridgehead atoms. The first kappa shape index (κ1) is 9.43. The van der Waals surface area contributed by atoms with Crippen molar-refractivity contribution in [3.05, 3.63) is 0 Å². The molecule has 1 aliphatic carbocycles. The Bertz CT molecular complexity index is 271. The van der Waals surface area contributed by atoms with E-state index in [9.17, 15) is 0 Å². The van der Waals surface area contributed by atoms with E-state index in [1.807, 2.05) is 7.05 Å². The van der Waals surface area contributed by atoms with Gasteiger partial charge < -0.3 is 4.90 Å². The number of tetrazole rings is 1. The number of H-pyrrole nitrogens is 1.